The first kappa shape index (κ1) is 10.5. The number of amides is 1. The summed E-state index contributed by atoms with van der Waals surface area (Å²) >= 11 is 0. The minimum atomic E-state index is -0.390. The lowest BCUT2D eigenvalue weighted by Gasteiger charge is -2.23. The fraction of sp³-hybridized carbons (Fsp3) is 0.889. The summed E-state index contributed by atoms with van der Waals surface area (Å²) in [4.78, 5) is 13.4. The van der Waals surface area contributed by atoms with Gasteiger partial charge in [-0.3, -0.25) is 4.79 Å². The van der Waals surface area contributed by atoms with Crippen LogP contribution in [0.1, 0.15) is 20.3 Å². The third-order valence-electron chi connectivity index (χ3n) is 2.67. The summed E-state index contributed by atoms with van der Waals surface area (Å²) in [5, 5.41) is 0. The highest BCUT2D eigenvalue weighted by Gasteiger charge is 2.32. The number of hydrogen-bond acceptors (Lipinski definition) is 3. The summed E-state index contributed by atoms with van der Waals surface area (Å²) in [7, 11) is 0. The molecule has 1 aliphatic heterocycles. The Hall–Kier alpha value is -0.610. The molecule has 0 aliphatic carbocycles. The number of nitrogens with two attached hydrogens (primary N) is 2. The summed E-state index contributed by atoms with van der Waals surface area (Å²) in [6, 6.07) is -0.0916. The molecule has 1 aliphatic rings. The normalized spacial score (nSPS) is 30.6. The smallest absolute Gasteiger partial charge is 0.239 e. The average molecular weight is 185 g/mol. The van der Waals surface area contributed by atoms with Crippen molar-refractivity contribution in [2.45, 2.75) is 32.4 Å². The minimum absolute atomic E-state index is 0.0449. The van der Waals surface area contributed by atoms with Gasteiger partial charge in [0.25, 0.3) is 0 Å². The predicted molar refractivity (Wildman–Crippen MR) is 52.0 cm³/mol. The van der Waals surface area contributed by atoms with Gasteiger partial charge in [0, 0.05) is 12.6 Å². The largest absolute Gasteiger partial charge is 0.338 e. The van der Waals surface area contributed by atoms with Crippen molar-refractivity contribution in [3.05, 3.63) is 0 Å². The molecule has 0 bridgehead atoms. The van der Waals surface area contributed by atoms with E-state index in [1.807, 2.05) is 4.90 Å². The Bertz CT molecular complexity index is 193. The molecule has 0 aromatic heterocycles. The van der Waals surface area contributed by atoms with E-state index in [0.29, 0.717) is 18.5 Å². The summed E-state index contributed by atoms with van der Waals surface area (Å²) < 4.78 is 0. The molecule has 1 fully saturated rings. The lowest BCUT2D eigenvalue weighted by molar-refractivity contribution is -0.132. The highest BCUT2D eigenvalue weighted by molar-refractivity contribution is 5.81. The molecule has 1 saturated heterocycles. The molecule has 0 spiro atoms. The zero-order chi connectivity index (χ0) is 10.0. The Morgan fingerprint density at radius 2 is 2.31 bits per heavy atom. The zero-order valence-corrected chi connectivity index (χ0v) is 8.36. The Morgan fingerprint density at radius 3 is 2.69 bits per heavy atom. The first-order valence-electron chi connectivity index (χ1n) is 4.82. The molecule has 1 amide bonds. The summed E-state index contributed by atoms with van der Waals surface area (Å²) in [6.07, 6.45) is 1.01. The molecule has 13 heavy (non-hydrogen) atoms. The van der Waals surface area contributed by atoms with Crippen LogP contribution < -0.4 is 11.5 Å². The summed E-state index contributed by atoms with van der Waals surface area (Å²) in [5.41, 5.74) is 11.1. The highest BCUT2D eigenvalue weighted by atomic mass is 16.2. The van der Waals surface area contributed by atoms with Crippen molar-refractivity contribution in [3.8, 4) is 0 Å². The van der Waals surface area contributed by atoms with Crippen LogP contribution in [0, 0.1) is 5.92 Å². The predicted octanol–water partition coefficient (Wildman–Crippen LogP) is -0.471. The van der Waals surface area contributed by atoms with Crippen LogP contribution in [0.3, 0.4) is 0 Å². The van der Waals surface area contributed by atoms with Crippen LogP contribution in [0.15, 0.2) is 0 Å². The van der Waals surface area contributed by atoms with E-state index in [2.05, 4.69) is 6.92 Å². The van der Waals surface area contributed by atoms with Crippen molar-refractivity contribution in [2.24, 2.45) is 17.4 Å². The molecular formula is C9H19N3O. The van der Waals surface area contributed by atoms with Crippen molar-refractivity contribution in [3.63, 3.8) is 0 Å². The maximum atomic E-state index is 11.6. The second-order valence-electron chi connectivity index (χ2n) is 3.97. The van der Waals surface area contributed by atoms with Crippen molar-refractivity contribution in [2.75, 3.05) is 13.1 Å². The van der Waals surface area contributed by atoms with Crippen LogP contribution in [0.4, 0.5) is 0 Å². The standard InChI is InChI=1S/C9H19N3O/c1-6-3-8(4-10)5-12(6)9(13)7(2)11/h6-8H,3-5,10-11H2,1-2H3/t6?,7-,8?/m0/s1. The van der Waals surface area contributed by atoms with Crippen LogP contribution in [0.2, 0.25) is 0 Å². The Kier molecular flexibility index (Phi) is 3.27. The zero-order valence-electron chi connectivity index (χ0n) is 8.36. The number of nitrogens with zero attached hydrogens (tertiary/aromatic N) is 1. The fourth-order valence-electron chi connectivity index (χ4n) is 1.88. The van der Waals surface area contributed by atoms with Crippen LogP contribution in [-0.2, 0) is 4.79 Å². The van der Waals surface area contributed by atoms with E-state index in [1.54, 1.807) is 6.92 Å². The van der Waals surface area contributed by atoms with Crippen molar-refractivity contribution >= 4 is 5.91 Å². The highest BCUT2D eigenvalue weighted by Crippen LogP contribution is 2.22. The van der Waals surface area contributed by atoms with Crippen LogP contribution in [0.5, 0.6) is 0 Å². The quantitative estimate of drug-likeness (QED) is 0.611. The van der Waals surface area contributed by atoms with Gasteiger partial charge in [0.2, 0.25) is 5.91 Å². The molecule has 1 rings (SSSR count). The molecule has 76 valence electrons. The van der Waals surface area contributed by atoms with E-state index in [1.165, 1.54) is 0 Å². The van der Waals surface area contributed by atoms with Gasteiger partial charge in [-0.05, 0) is 32.7 Å². The molecule has 0 saturated carbocycles. The molecular weight excluding hydrogens is 166 g/mol. The molecule has 0 aromatic carbocycles. The van der Waals surface area contributed by atoms with Crippen LogP contribution in [0.25, 0.3) is 0 Å². The maximum absolute atomic E-state index is 11.6. The first-order chi connectivity index (χ1) is 6.06. The number of likely N-dealkylation sites (tertiary alicyclic amines) is 1. The van der Waals surface area contributed by atoms with Gasteiger partial charge in [-0.15, -0.1) is 0 Å². The SMILES string of the molecule is CC1CC(CN)CN1C(=O)[C@H](C)N. The molecule has 1 heterocycles. The fourth-order valence-corrected chi connectivity index (χ4v) is 1.88. The lowest BCUT2D eigenvalue weighted by Crippen LogP contribution is -2.43. The van der Waals surface area contributed by atoms with E-state index in [4.69, 9.17) is 11.5 Å². The van der Waals surface area contributed by atoms with Gasteiger partial charge in [-0.2, -0.15) is 0 Å². The third kappa shape index (κ3) is 2.19. The Labute approximate surface area is 79.3 Å². The molecule has 2 unspecified atom stereocenters. The van der Waals surface area contributed by atoms with Gasteiger partial charge in [0.1, 0.15) is 0 Å². The molecule has 3 atom stereocenters. The molecule has 0 aromatic rings. The molecule has 4 nitrogen and oxygen atoms in total. The van der Waals surface area contributed by atoms with Crippen molar-refractivity contribution in [1.29, 1.82) is 0 Å². The van der Waals surface area contributed by atoms with Crippen molar-refractivity contribution in [1.82, 2.24) is 4.90 Å². The van der Waals surface area contributed by atoms with Crippen molar-refractivity contribution < 1.29 is 4.79 Å². The first-order valence-corrected chi connectivity index (χ1v) is 4.82. The monoisotopic (exact) mass is 185 g/mol. The number of carbonyl (C=O) groups excluding carboxylic acids is 1. The van der Waals surface area contributed by atoms with Gasteiger partial charge in [0.05, 0.1) is 6.04 Å². The molecule has 0 radical (unpaired) electrons. The van der Waals surface area contributed by atoms with Gasteiger partial charge >= 0.3 is 0 Å². The molecule has 4 N–H and O–H groups in total. The van der Waals surface area contributed by atoms with Gasteiger partial charge in [-0.1, -0.05) is 0 Å². The topological polar surface area (TPSA) is 72.3 Å². The van der Waals surface area contributed by atoms with Gasteiger partial charge in [0.15, 0.2) is 0 Å². The average Bonchev–Trinajstić information content (AvgIpc) is 2.45. The van der Waals surface area contributed by atoms with E-state index in [9.17, 15) is 4.79 Å². The number of rotatable bonds is 2. The Balaban J connectivity index is 2.57. The number of carbonyl (C=O) groups is 1. The van der Waals surface area contributed by atoms with E-state index < -0.39 is 0 Å². The minimum Gasteiger partial charge on any atom is -0.338 e. The number of hydrogen-bond donors (Lipinski definition) is 2. The third-order valence-corrected chi connectivity index (χ3v) is 2.67. The van der Waals surface area contributed by atoms with Crippen LogP contribution >= 0.6 is 0 Å². The van der Waals surface area contributed by atoms with Gasteiger partial charge < -0.3 is 16.4 Å². The second-order valence-corrected chi connectivity index (χ2v) is 3.97. The van der Waals surface area contributed by atoms with E-state index in [-0.39, 0.29) is 11.9 Å². The maximum Gasteiger partial charge on any atom is 0.239 e. The van der Waals surface area contributed by atoms with Crippen LogP contribution in [-0.4, -0.2) is 36.0 Å². The van der Waals surface area contributed by atoms with Gasteiger partial charge in [-0.25, -0.2) is 0 Å². The molecule has 4 heteroatoms. The lowest BCUT2D eigenvalue weighted by atomic mass is 10.1. The van der Waals surface area contributed by atoms with E-state index >= 15 is 0 Å². The Morgan fingerprint density at radius 1 is 1.69 bits per heavy atom. The summed E-state index contributed by atoms with van der Waals surface area (Å²) in [5.74, 6) is 0.501. The van der Waals surface area contributed by atoms with E-state index in [0.717, 1.165) is 13.0 Å². The second kappa shape index (κ2) is 4.07. The summed E-state index contributed by atoms with van der Waals surface area (Å²) in [6.45, 7) is 5.21.